The Hall–Kier alpha value is -2.20. The summed E-state index contributed by atoms with van der Waals surface area (Å²) in [7, 11) is -3.75. The van der Waals surface area contributed by atoms with Gasteiger partial charge < -0.3 is 41.5 Å². The summed E-state index contributed by atoms with van der Waals surface area (Å²) in [5.74, 6) is -1.36. The normalized spacial score (nSPS) is 20.4. The van der Waals surface area contributed by atoms with Crippen LogP contribution >= 0.6 is 0 Å². The molecule has 4 rings (SSSR count). The van der Waals surface area contributed by atoms with Crippen molar-refractivity contribution < 1.29 is 52.7 Å². The summed E-state index contributed by atoms with van der Waals surface area (Å²) in [6.07, 6.45) is 2.44. The first-order chi connectivity index (χ1) is 20.0. The van der Waals surface area contributed by atoms with E-state index in [1.54, 1.807) is 31.2 Å². The number of hydrogen-bond donors (Lipinski definition) is 3. The molecule has 2 fully saturated rings. The highest BCUT2D eigenvalue weighted by Crippen LogP contribution is 2.26. The molecule has 0 bridgehead atoms. The van der Waals surface area contributed by atoms with Crippen LogP contribution in [0.15, 0.2) is 42.5 Å². The minimum atomic E-state index is -3.75. The number of halogens is 3. The number of carbonyl (C=O) groups excluding carboxylic acids is 2. The van der Waals surface area contributed by atoms with Crippen LogP contribution in [0.5, 0.6) is 0 Å². The molecule has 3 N–H and O–H groups in total. The predicted octanol–water partition coefficient (Wildman–Crippen LogP) is -0.388. The van der Waals surface area contributed by atoms with Crippen LogP contribution in [0.2, 0.25) is 0 Å². The molecule has 2 heterocycles. The van der Waals surface area contributed by atoms with Gasteiger partial charge in [0.25, 0.3) is 0 Å². The number of likely N-dealkylation sites (tertiary alicyclic amines) is 1. The third kappa shape index (κ3) is 9.66. The van der Waals surface area contributed by atoms with Crippen molar-refractivity contribution in [1.82, 2.24) is 20.3 Å². The van der Waals surface area contributed by atoms with Gasteiger partial charge in [0.05, 0.1) is 25.9 Å². The predicted molar refractivity (Wildman–Crippen MR) is 149 cm³/mol. The Kier molecular flexibility index (Phi) is 11.7. The summed E-state index contributed by atoms with van der Waals surface area (Å²) in [6, 6.07) is 8.57. The quantitative estimate of drug-likeness (QED) is 0.204. The number of carbonyl (C=O) groups is 2. The van der Waals surface area contributed by atoms with Crippen molar-refractivity contribution in [2.45, 2.75) is 70.4 Å². The van der Waals surface area contributed by atoms with Gasteiger partial charge in [-0.05, 0) is 80.9 Å². The van der Waals surface area contributed by atoms with E-state index in [0.717, 1.165) is 31.5 Å². The monoisotopic (exact) mass is 718 g/mol. The molecule has 42 heavy (non-hydrogen) atoms. The molecule has 2 aromatic rings. The minimum absolute atomic E-state index is 0.0394. The zero-order chi connectivity index (χ0) is 30.3. The molecule has 231 valence electrons. The highest BCUT2D eigenvalue weighted by molar-refractivity contribution is 7.82. The van der Waals surface area contributed by atoms with Crippen molar-refractivity contribution >= 4 is 19.0 Å². The maximum Gasteiger partial charge on any atom is 0.243 e. The van der Waals surface area contributed by atoms with Gasteiger partial charge in [-0.1, -0.05) is 24.3 Å². The van der Waals surface area contributed by atoms with E-state index >= 15 is 0 Å². The van der Waals surface area contributed by atoms with E-state index < -0.39 is 48.8 Å². The van der Waals surface area contributed by atoms with E-state index in [2.05, 4.69) is 15.4 Å². The van der Waals surface area contributed by atoms with Gasteiger partial charge in [-0.15, -0.1) is 0 Å². The Bertz CT molecular complexity index is 1340. The zero-order valence-corrected chi connectivity index (χ0v) is 26.4. The Morgan fingerprint density at radius 1 is 1.14 bits per heavy atom. The Morgan fingerprint density at radius 3 is 2.52 bits per heavy atom. The number of rotatable bonds is 12. The lowest BCUT2D eigenvalue weighted by atomic mass is 9.91. The van der Waals surface area contributed by atoms with Gasteiger partial charge in [-0.25, -0.2) is 21.9 Å². The smallest absolute Gasteiger partial charge is 0.243 e. The summed E-state index contributed by atoms with van der Waals surface area (Å²) in [6.45, 7) is 3.68. The second-order valence-electron chi connectivity index (χ2n) is 11.0. The van der Waals surface area contributed by atoms with Crippen molar-refractivity contribution in [3.05, 3.63) is 70.8 Å². The molecule has 0 unspecified atom stereocenters. The van der Waals surface area contributed by atoms with Crippen molar-refractivity contribution in [2.75, 3.05) is 19.6 Å². The van der Waals surface area contributed by atoms with Crippen LogP contribution in [0.25, 0.3) is 0 Å². The molecular weight excluding hydrogens is 681 g/mol. The van der Waals surface area contributed by atoms with Crippen LogP contribution in [0.3, 0.4) is 0 Å². The van der Waals surface area contributed by atoms with Crippen LogP contribution < -0.4 is 36.6 Å². The second kappa shape index (κ2) is 15.0. The van der Waals surface area contributed by atoms with Gasteiger partial charge in [-0.2, -0.15) is 0 Å². The average Bonchev–Trinajstić information content (AvgIpc) is 3.38. The number of nitrogens with one attached hydrogen (secondary N) is 3. The zero-order valence-electron chi connectivity index (χ0n) is 23.5. The lowest BCUT2D eigenvalue weighted by Crippen LogP contribution is -3.38. The van der Waals surface area contributed by atoms with Crippen molar-refractivity contribution in [2.24, 2.45) is 5.92 Å². The molecule has 3 atom stereocenters. The molecule has 1 radical (unpaired) electrons. The van der Waals surface area contributed by atoms with E-state index in [1.165, 1.54) is 44.3 Å². The number of amides is 2. The molecule has 2 amide bonds. The van der Waals surface area contributed by atoms with E-state index in [0.29, 0.717) is 29.9 Å². The van der Waals surface area contributed by atoms with Gasteiger partial charge >= 0.3 is 0 Å². The van der Waals surface area contributed by atoms with Crippen LogP contribution in [-0.2, 0) is 34.7 Å². The fourth-order valence-corrected chi connectivity index (χ4v) is 6.95. The van der Waals surface area contributed by atoms with Gasteiger partial charge in [-0.3, -0.25) is 9.59 Å². The van der Waals surface area contributed by atoms with E-state index in [9.17, 15) is 26.8 Å². The van der Waals surface area contributed by atoms with Gasteiger partial charge in [0.1, 0.15) is 17.7 Å². The Labute approximate surface area is 257 Å². The van der Waals surface area contributed by atoms with Crippen molar-refractivity contribution in [3.8, 4) is 0 Å². The molecule has 0 spiro atoms. The number of aryl methyl sites for hydroxylation is 1. The topological polar surface area (TPSA) is 117 Å². The molecule has 9 nitrogen and oxygen atoms in total. The minimum Gasteiger partial charge on any atom is -0.623 e. The number of nitrogens with zero attached hydrogens (tertiary/aromatic N) is 1. The largest absolute Gasteiger partial charge is 0.623 e. The highest BCUT2D eigenvalue weighted by atomic mass is 127. The lowest BCUT2D eigenvalue weighted by molar-refractivity contribution is -0.169. The molecule has 0 aromatic heterocycles. The van der Waals surface area contributed by atoms with Gasteiger partial charge in [0.2, 0.25) is 11.8 Å². The highest BCUT2D eigenvalue weighted by Gasteiger charge is 2.42. The first kappa shape index (κ1) is 32.7. The van der Waals surface area contributed by atoms with E-state index in [-0.39, 0.29) is 26.1 Å². The molecule has 0 aliphatic carbocycles. The molecule has 2 aliphatic heterocycles. The first-order valence-electron chi connectivity index (χ1n) is 14.1. The average molecular weight is 719 g/mol. The number of hydrogen-bond acceptors (Lipinski definition) is 6. The van der Waals surface area contributed by atoms with Crippen LogP contribution in [0.1, 0.15) is 48.8 Å². The third-order valence-corrected chi connectivity index (χ3v) is 9.14. The number of ether oxygens (including phenoxy) is 1. The summed E-state index contributed by atoms with van der Waals surface area (Å²) in [5, 5.41) is 6.11. The fourth-order valence-electron chi connectivity index (χ4n) is 5.47. The maximum absolute atomic E-state index is 14.4. The number of benzene rings is 2. The molecule has 13 heteroatoms. The standard InChI is InChI=1S/C29H37F2IN4O5S/c1-19-2-6-22(25(31)14-19)18-41-24-15-27(28(37)34-16-21-3-7-23(30)8-4-21)36(17-24)29(38)26(35-42(32,39)40)9-5-20-10-12-33-13-11-20/h2-4,6-8,14,20,24,26-27,33,35H,5,9-13,15-18H2,1H3,(H,34,37)/q-1/t24-,26-,27+/m1/s1. The molecular formula is C29H37F2IN4O5S-. The third-order valence-electron chi connectivity index (χ3n) is 7.81. The van der Waals surface area contributed by atoms with Gasteiger partial charge in [0.15, 0.2) is 0 Å². The first-order valence-corrected chi connectivity index (χ1v) is 18.1. The van der Waals surface area contributed by atoms with Crippen LogP contribution in [0.4, 0.5) is 8.78 Å². The van der Waals surface area contributed by atoms with Crippen LogP contribution in [0, 0.1) is 24.5 Å². The van der Waals surface area contributed by atoms with Crippen LogP contribution in [-0.4, -0.2) is 63.0 Å². The molecule has 0 saturated carbocycles. The summed E-state index contributed by atoms with van der Waals surface area (Å²) >= 11 is 1.27. The summed E-state index contributed by atoms with van der Waals surface area (Å²) in [4.78, 5) is 28.6. The molecule has 2 aromatic carbocycles. The van der Waals surface area contributed by atoms with Gasteiger partial charge in [0, 0.05) is 25.1 Å². The Morgan fingerprint density at radius 2 is 1.86 bits per heavy atom. The second-order valence-corrected chi connectivity index (χ2v) is 15.6. The fraction of sp³-hybridized carbons (Fsp3) is 0.517. The van der Waals surface area contributed by atoms with E-state index in [1.807, 2.05) is 0 Å². The lowest BCUT2D eigenvalue weighted by Gasteiger charge is -2.31. The molecule has 2 saturated heterocycles. The van der Waals surface area contributed by atoms with Crippen molar-refractivity contribution in [3.63, 3.8) is 0 Å². The van der Waals surface area contributed by atoms with E-state index in [4.69, 9.17) is 4.74 Å². The Balaban J connectivity index is 1.49. The SMILES string of the molecule is Cc1ccc(CO[C@@H]2C[C@@H](C(=O)NCc3ccc(F)cc3)N(C(=O)[C@@H](CCC3CCNCC3)NS(=O)(=O)[I-])C2)c(F)c1. The molecule has 2 aliphatic rings. The van der Waals surface area contributed by atoms with Crippen molar-refractivity contribution in [1.29, 1.82) is 0 Å². The number of piperidine rings is 1. The summed E-state index contributed by atoms with van der Waals surface area (Å²) in [5.41, 5.74) is 1.82. The summed E-state index contributed by atoms with van der Waals surface area (Å²) < 4.78 is 60.6. The maximum atomic E-state index is 14.4.